The summed E-state index contributed by atoms with van der Waals surface area (Å²) < 4.78 is 1.05. The van der Waals surface area contributed by atoms with Crippen molar-refractivity contribution < 1.29 is 14.7 Å². The number of pyridine rings is 1. The average molecular weight is 316 g/mol. The fraction of sp³-hybridized carbons (Fsp3) is 0.400. The monoisotopic (exact) mass is 316 g/mol. The van der Waals surface area contributed by atoms with Crippen LogP contribution in [0.5, 0.6) is 0 Å². The number of nitrogens with zero attached hydrogens (tertiary/aromatic N) is 3. The lowest BCUT2D eigenvalue weighted by atomic mass is 10.0. The zero-order valence-corrected chi connectivity index (χ0v) is 12.4. The molecule has 8 heteroatoms. The Kier molecular flexibility index (Phi) is 4.91. The van der Waals surface area contributed by atoms with Crippen LogP contribution in [-0.4, -0.2) is 33.8 Å². The van der Waals surface area contributed by atoms with Crippen LogP contribution in [0, 0.1) is 12.3 Å². The summed E-state index contributed by atoms with van der Waals surface area (Å²) in [6, 6.07) is 2.61. The second-order valence-corrected chi connectivity index (χ2v) is 5.15. The quantitative estimate of drug-likeness (QED) is 0.685. The number of carbonyl (C=O) groups is 2. The number of aromatic carboxylic acids is 1. The lowest BCUT2D eigenvalue weighted by molar-refractivity contribution is -0.121. The third kappa shape index (κ3) is 4.26. The molecule has 0 unspecified atom stereocenters. The van der Waals surface area contributed by atoms with Gasteiger partial charge >= 0.3 is 5.97 Å². The topological polar surface area (TPSA) is 113 Å². The molecule has 1 aromatic rings. The highest BCUT2D eigenvalue weighted by atomic mass is 16.4. The highest BCUT2D eigenvalue weighted by molar-refractivity contribution is 5.87. The molecule has 0 spiro atoms. The Morgan fingerprint density at radius 2 is 2.13 bits per heavy atom. The van der Waals surface area contributed by atoms with Gasteiger partial charge in [-0.3, -0.25) is 9.59 Å². The van der Waals surface area contributed by atoms with E-state index in [9.17, 15) is 14.4 Å². The van der Waals surface area contributed by atoms with Gasteiger partial charge in [0.1, 0.15) is 12.1 Å². The van der Waals surface area contributed by atoms with Gasteiger partial charge in [0, 0.05) is 32.0 Å². The molecule has 0 bridgehead atoms. The lowest BCUT2D eigenvalue weighted by Gasteiger charge is -2.11. The number of nitrogens with one attached hydrogen (secondary N) is 1. The van der Waals surface area contributed by atoms with E-state index in [-0.39, 0.29) is 18.0 Å². The summed E-state index contributed by atoms with van der Waals surface area (Å²) in [6.07, 6.45) is 8.33. The lowest BCUT2D eigenvalue weighted by Crippen LogP contribution is -2.35. The van der Waals surface area contributed by atoms with Crippen LogP contribution in [0.15, 0.2) is 33.4 Å². The Balaban J connectivity index is 1.84. The maximum absolute atomic E-state index is 11.9. The van der Waals surface area contributed by atoms with Gasteiger partial charge in [-0.25, -0.2) is 4.79 Å². The van der Waals surface area contributed by atoms with E-state index in [0.717, 1.165) is 4.57 Å². The fourth-order valence-electron chi connectivity index (χ4n) is 2.10. The van der Waals surface area contributed by atoms with Crippen molar-refractivity contribution in [1.29, 1.82) is 0 Å². The molecule has 0 aromatic carbocycles. The summed E-state index contributed by atoms with van der Waals surface area (Å²) in [5.41, 5.74) is -1.56. The molecule has 120 valence electrons. The summed E-state index contributed by atoms with van der Waals surface area (Å²) >= 11 is 0. The third-order valence-electron chi connectivity index (χ3n) is 3.46. The molecule has 2 N–H and O–H groups in total. The first kappa shape index (κ1) is 16.4. The number of carbonyl (C=O) groups excluding carboxylic acids is 1. The number of rotatable bonds is 8. The molecule has 1 aliphatic rings. The minimum absolute atomic E-state index is 0.244. The minimum atomic E-state index is -1.32. The van der Waals surface area contributed by atoms with E-state index in [1.807, 2.05) is 0 Å². The van der Waals surface area contributed by atoms with Gasteiger partial charge in [-0.15, -0.1) is 12.3 Å². The van der Waals surface area contributed by atoms with Crippen molar-refractivity contribution in [2.24, 2.45) is 10.2 Å². The van der Waals surface area contributed by atoms with Crippen molar-refractivity contribution in [3.8, 4) is 12.3 Å². The molecule has 1 aromatic heterocycles. The van der Waals surface area contributed by atoms with Gasteiger partial charge in [-0.2, -0.15) is 10.2 Å². The maximum Gasteiger partial charge on any atom is 0.341 e. The molecule has 2 rings (SSSR count). The first-order chi connectivity index (χ1) is 11.0. The molecule has 23 heavy (non-hydrogen) atoms. The van der Waals surface area contributed by atoms with E-state index in [2.05, 4.69) is 21.5 Å². The number of terminal acetylenes is 1. The van der Waals surface area contributed by atoms with E-state index in [1.165, 1.54) is 18.3 Å². The van der Waals surface area contributed by atoms with Crippen LogP contribution >= 0.6 is 0 Å². The van der Waals surface area contributed by atoms with E-state index in [1.54, 1.807) is 0 Å². The predicted octanol–water partition coefficient (Wildman–Crippen LogP) is 0.628. The normalized spacial score (nSPS) is 14.0. The molecule has 8 nitrogen and oxygen atoms in total. The molecule has 1 amide bonds. The van der Waals surface area contributed by atoms with Crippen LogP contribution in [-0.2, 0) is 11.3 Å². The van der Waals surface area contributed by atoms with Crippen molar-refractivity contribution in [3.63, 3.8) is 0 Å². The highest BCUT2D eigenvalue weighted by Gasteiger charge is 2.38. The van der Waals surface area contributed by atoms with Crippen molar-refractivity contribution in [1.82, 2.24) is 9.88 Å². The molecular weight excluding hydrogens is 300 g/mol. The van der Waals surface area contributed by atoms with E-state index < -0.39 is 17.2 Å². The summed E-state index contributed by atoms with van der Waals surface area (Å²) in [4.78, 5) is 34.6. The molecule has 0 radical (unpaired) electrons. The number of carboxylic acid groups (broad SMARTS) is 1. The van der Waals surface area contributed by atoms with E-state index in [0.29, 0.717) is 25.8 Å². The van der Waals surface area contributed by atoms with Crippen LogP contribution in [0.1, 0.15) is 29.6 Å². The average Bonchev–Trinajstić information content (AvgIpc) is 3.27. The van der Waals surface area contributed by atoms with E-state index >= 15 is 0 Å². The van der Waals surface area contributed by atoms with Crippen molar-refractivity contribution in [2.75, 3.05) is 6.54 Å². The third-order valence-corrected chi connectivity index (χ3v) is 3.46. The molecule has 0 saturated heterocycles. The van der Waals surface area contributed by atoms with Crippen molar-refractivity contribution >= 4 is 11.9 Å². The van der Waals surface area contributed by atoms with Crippen molar-refractivity contribution in [3.05, 3.63) is 34.2 Å². The number of hydrogen-bond acceptors (Lipinski definition) is 5. The molecule has 1 aliphatic heterocycles. The standard InChI is InChI=1S/C15H16N4O4/c1-2-3-6-15(17-18-15)7-8-16-12(20)10-19-9-4-5-11(13(19)21)14(22)23/h1,4-5,9H,3,6-8,10H2,(H,16,20)(H,22,23). The molecule has 0 saturated carbocycles. The van der Waals surface area contributed by atoms with Crippen LogP contribution in [0.4, 0.5) is 0 Å². The minimum Gasteiger partial charge on any atom is -0.477 e. The SMILES string of the molecule is C#CCCC1(CCNC(=O)Cn2cccc(C(=O)O)c2=O)N=N1. The Labute approximate surface area is 132 Å². The predicted molar refractivity (Wildman–Crippen MR) is 80.9 cm³/mol. The summed E-state index contributed by atoms with van der Waals surface area (Å²) in [7, 11) is 0. The maximum atomic E-state index is 11.9. The van der Waals surface area contributed by atoms with Gasteiger partial charge in [0.05, 0.1) is 0 Å². The summed E-state index contributed by atoms with van der Waals surface area (Å²) in [5, 5.41) is 19.5. The molecule has 0 atom stereocenters. The Morgan fingerprint density at radius 1 is 1.39 bits per heavy atom. The first-order valence-electron chi connectivity index (χ1n) is 7.04. The summed E-state index contributed by atoms with van der Waals surface area (Å²) in [6.45, 7) is 0.107. The van der Waals surface area contributed by atoms with Crippen LogP contribution < -0.4 is 10.9 Å². The van der Waals surface area contributed by atoms with Gasteiger partial charge in [-0.05, 0) is 12.1 Å². The highest BCUT2D eigenvalue weighted by Crippen LogP contribution is 2.35. The van der Waals surface area contributed by atoms with Crippen LogP contribution in [0.3, 0.4) is 0 Å². The zero-order valence-electron chi connectivity index (χ0n) is 12.4. The van der Waals surface area contributed by atoms with Crippen molar-refractivity contribution in [2.45, 2.75) is 31.5 Å². The zero-order chi connectivity index (χ0) is 16.9. The van der Waals surface area contributed by atoms with E-state index in [4.69, 9.17) is 11.5 Å². The van der Waals surface area contributed by atoms with Gasteiger partial charge in [0.15, 0.2) is 5.66 Å². The van der Waals surface area contributed by atoms with Gasteiger partial charge in [0.2, 0.25) is 5.91 Å². The largest absolute Gasteiger partial charge is 0.477 e. The molecule has 0 aliphatic carbocycles. The van der Waals surface area contributed by atoms with Crippen LogP contribution in [0.2, 0.25) is 0 Å². The van der Waals surface area contributed by atoms with Crippen LogP contribution in [0.25, 0.3) is 0 Å². The summed E-state index contributed by atoms with van der Waals surface area (Å²) in [5.74, 6) is 0.814. The second kappa shape index (κ2) is 6.87. The fourth-order valence-corrected chi connectivity index (χ4v) is 2.10. The Bertz CT molecular complexity index is 739. The second-order valence-electron chi connectivity index (χ2n) is 5.15. The Hall–Kier alpha value is -2.95. The van der Waals surface area contributed by atoms with Gasteiger partial charge < -0.3 is 15.0 Å². The number of hydrogen-bond donors (Lipinski definition) is 2. The van der Waals surface area contributed by atoms with Gasteiger partial charge in [0.25, 0.3) is 5.56 Å². The number of amides is 1. The van der Waals surface area contributed by atoms with Gasteiger partial charge in [-0.1, -0.05) is 0 Å². The number of aromatic nitrogens is 1. The molecule has 0 fully saturated rings. The number of carboxylic acids is 1. The smallest absolute Gasteiger partial charge is 0.341 e. The first-order valence-corrected chi connectivity index (χ1v) is 7.04. The molecular formula is C15H16N4O4. The molecule has 2 heterocycles. The Morgan fingerprint density at radius 3 is 2.74 bits per heavy atom.